The standard InChI is InChI=1S/C71H86N6O22/c1-7-30-74(31-8-2)56(26-28-62(80)81)64(84)68(88)98-50-22-18-46(19-23-50)44-96-70(90)72-54-40-60(58(92-5)38-52(54)66(86)76-34-14-16-48(76)42-78)94-36-12-11-13-37-95-61-41-55(53(39-59(61)93-6)67(87)77-35-15-17-49(77)43-79)73-71(91)97-45-47-20-24-51(25-21-47)99-69(89)65(85)57(27-29-63(82)83)75(32-9-3)33-10-4/h7-10,18-25,38-41,48-49,56-57,78-79H,1-4,11-17,26-37,42-45H2,5-6H3,(H,72,90)(H,73,91)(H,80,81)(H,82,83)/t48-,49?,56-,57-/m0/s1. The molecule has 532 valence electrons. The minimum atomic E-state index is -1.21. The molecule has 2 fully saturated rings. The Morgan fingerprint density at radius 1 is 0.535 bits per heavy atom. The highest BCUT2D eigenvalue weighted by Crippen LogP contribution is 2.38. The van der Waals surface area contributed by atoms with Gasteiger partial charge in [0.15, 0.2) is 23.0 Å². The fourth-order valence-electron chi connectivity index (χ4n) is 11.2. The highest BCUT2D eigenvalue weighted by molar-refractivity contribution is 6.36. The van der Waals surface area contributed by atoms with E-state index < -0.39 is 83.6 Å². The molecule has 2 saturated heterocycles. The fourth-order valence-corrected chi connectivity index (χ4v) is 11.2. The summed E-state index contributed by atoms with van der Waals surface area (Å²) in [5, 5.41) is 44.1. The van der Waals surface area contributed by atoms with Crippen LogP contribution in [0, 0.1) is 0 Å². The van der Waals surface area contributed by atoms with Gasteiger partial charge < -0.3 is 68.1 Å². The molecule has 1 unspecified atom stereocenters. The molecule has 0 radical (unpaired) electrons. The number of carboxylic acid groups (broad SMARTS) is 2. The number of ketones is 2. The first-order valence-corrected chi connectivity index (χ1v) is 32.2. The molecule has 28 nitrogen and oxygen atoms in total. The molecule has 4 amide bonds. The van der Waals surface area contributed by atoms with Crippen molar-refractivity contribution in [3.63, 3.8) is 0 Å². The minimum absolute atomic E-state index is 0.00722. The molecule has 2 aliphatic rings. The summed E-state index contributed by atoms with van der Waals surface area (Å²) in [4.78, 5) is 137. The molecule has 0 aliphatic carbocycles. The van der Waals surface area contributed by atoms with Gasteiger partial charge in [-0.15, -0.1) is 26.3 Å². The number of aliphatic hydroxyl groups is 2. The summed E-state index contributed by atoms with van der Waals surface area (Å²) in [7, 11) is 2.78. The first-order chi connectivity index (χ1) is 47.7. The van der Waals surface area contributed by atoms with Crippen LogP contribution in [-0.4, -0.2) is 204 Å². The monoisotopic (exact) mass is 1370 g/mol. The van der Waals surface area contributed by atoms with E-state index in [1.165, 1.54) is 121 Å². The van der Waals surface area contributed by atoms with Gasteiger partial charge in [0.25, 0.3) is 23.4 Å². The number of methoxy groups -OCH3 is 2. The first kappa shape index (κ1) is 77.6. The van der Waals surface area contributed by atoms with E-state index in [0.717, 1.165) is 0 Å². The van der Waals surface area contributed by atoms with Crippen molar-refractivity contribution >= 4 is 70.8 Å². The number of likely N-dealkylation sites (tertiary alicyclic amines) is 2. The number of anilines is 2. The zero-order valence-electron chi connectivity index (χ0n) is 55.6. The van der Waals surface area contributed by atoms with Gasteiger partial charge in [-0.3, -0.25) is 49.2 Å². The molecule has 28 heteroatoms. The molecule has 0 spiro atoms. The average Bonchev–Trinajstić information content (AvgIpc) is 1.79. The Balaban J connectivity index is 1.07. The lowest BCUT2D eigenvalue weighted by Crippen LogP contribution is -2.46. The molecule has 0 aromatic heterocycles. The van der Waals surface area contributed by atoms with Crippen LogP contribution in [0.2, 0.25) is 0 Å². The number of rotatable bonds is 42. The summed E-state index contributed by atoms with van der Waals surface area (Å²) < 4.78 is 45.5. The van der Waals surface area contributed by atoms with Crippen molar-refractivity contribution < 1.29 is 106 Å². The molecule has 4 atom stereocenters. The van der Waals surface area contributed by atoms with Gasteiger partial charge in [-0.1, -0.05) is 48.6 Å². The number of aliphatic carboxylic acids is 2. The number of carbonyl (C=O) groups is 10. The number of hydrogen-bond acceptors (Lipinski definition) is 22. The maximum Gasteiger partial charge on any atom is 0.411 e. The van der Waals surface area contributed by atoms with Crippen LogP contribution in [0.15, 0.2) is 123 Å². The number of esters is 2. The van der Waals surface area contributed by atoms with Crippen LogP contribution in [0.4, 0.5) is 21.0 Å². The van der Waals surface area contributed by atoms with Crippen molar-refractivity contribution in [2.75, 3.05) is 90.5 Å². The Kier molecular flexibility index (Phi) is 31.1. The molecule has 4 aromatic carbocycles. The highest BCUT2D eigenvalue weighted by Gasteiger charge is 2.36. The van der Waals surface area contributed by atoms with Gasteiger partial charge in [0.2, 0.25) is 0 Å². The Labute approximate surface area is 573 Å². The number of carboxylic acids is 2. The number of unbranched alkanes of at least 4 members (excludes halogenated alkanes) is 2. The number of benzene rings is 4. The number of Topliss-reactive ketones (excluding diaryl/α,β-unsaturated/α-hetero) is 2. The van der Waals surface area contributed by atoms with E-state index in [0.29, 0.717) is 69.2 Å². The smallest absolute Gasteiger partial charge is 0.411 e. The van der Waals surface area contributed by atoms with E-state index in [2.05, 4.69) is 36.9 Å². The maximum atomic E-state index is 14.1. The minimum Gasteiger partial charge on any atom is -0.493 e. The Morgan fingerprint density at radius 2 is 0.899 bits per heavy atom. The second kappa shape index (κ2) is 39.7. The Morgan fingerprint density at radius 3 is 1.22 bits per heavy atom. The Bertz CT molecular complexity index is 3280. The van der Waals surface area contributed by atoms with Gasteiger partial charge in [0.05, 0.1) is 87.3 Å². The summed E-state index contributed by atoms with van der Waals surface area (Å²) in [5.74, 6) is -6.92. The normalized spacial score (nSPS) is 14.6. The van der Waals surface area contributed by atoms with Crippen molar-refractivity contribution in [2.24, 2.45) is 0 Å². The van der Waals surface area contributed by atoms with Crippen LogP contribution in [0.1, 0.15) is 102 Å². The van der Waals surface area contributed by atoms with E-state index in [9.17, 15) is 68.4 Å². The van der Waals surface area contributed by atoms with Gasteiger partial charge in [-0.05, 0) is 105 Å². The number of nitrogens with one attached hydrogen (secondary N) is 2. The van der Waals surface area contributed by atoms with Crippen molar-refractivity contribution in [2.45, 2.75) is 108 Å². The van der Waals surface area contributed by atoms with Crippen molar-refractivity contribution in [1.29, 1.82) is 0 Å². The third-order valence-electron chi connectivity index (χ3n) is 16.2. The molecule has 99 heavy (non-hydrogen) atoms. The van der Waals surface area contributed by atoms with Crippen LogP contribution in [-0.2, 0) is 51.5 Å². The zero-order chi connectivity index (χ0) is 72.0. The van der Waals surface area contributed by atoms with E-state index >= 15 is 0 Å². The van der Waals surface area contributed by atoms with Crippen LogP contribution in [0.25, 0.3) is 0 Å². The predicted molar refractivity (Wildman–Crippen MR) is 360 cm³/mol. The lowest BCUT2D eigenvalue weighted by Gasteiger charge is -2.27. The number of hydrogen-bond donors (Lipinski definition) is 6. The number of nitrogens with zero attached hydrogens (tertiary/aromatic N) is 4. The second-order valence-corrected chi connectivity index (χ2v) is 23.0. The largest absolute Gasteiger partial charge is 0.493 e. The summed E-state index contributed by atoms with van der Waals surface area (Å²) in [6.07, 6.45) is 6.97. The molecule has 4 aromatic rings. The topological polar surface area (TPSA) is 362 Å². The van der Waals surface area contributed by atoms with Crippen LogP contribution >= 0.6 is 0 Å². The number of amides is 4. The maximum absolute atomic E-state index is 14.1. The van der Waals surface area contributed by atoms with Crippen LogP contribution in [0.5, 0.6) is 34.5 Å². The number of carbonyl (C=O) groups excluding carboxylic acids is 8. The molecular formula is C71H86N6O22. The molecule has 2 heterocycles. The van der Waals surface area contributed by atoms with Crippen molar-refractivity contribution in [3.05, 3.63) is 146 Å². The molecule has 0 saturated carbocycles. The molecular weight excluding hydrogens is 1290 g/mol. The summed E-state index contributed by atoms with van der Waals surface area (Å²) >= 11 is 0. The van der Waals surface area contributed by atoms with E-state index in [-0.39, 0.29) is 149 Å². The van der Waals surface area contributed by atoms with Gasteiger partial charge in [0.1, 0.15) is 24.7 Å². The molecule has 0 bridgehead atoms. The summed E-state index contributed by atoms with van der Waals surface area (Å²) in [6.45, 7) is 15.2. The zero-order valence-corrected chi connectivity index (χ0v) is 55.6. The SMILES string of the molecule is C=CCN(CC=C)[C@@H](CCC(=O)O)C(=O)C(=O)Oc1ccc(COC(=O)Nc2cc(OCCCCCOc3cc(NC(=O)OCc4ccc(OC(=O)C(=O)[C@H](CCC(=O)O)N(CC=C)CC=C)cc4)c(C(=O)N4CCC[C@H]4CO)cc3OC)c(OC)cc2C(=O)N2CCCC2CO)cc1. The molecule has 6 N–H and O–H groups in total. The van der Waals surface area contributed by atoms with Gasteiger partial charge >= 0.3 is 36.1 Å². The second-order valence-electron chi connectivity index (χ2n) is 23.0. The average molecular weight is 1380 g/mol. The van der Waals surface area contributed by atoms with E-state index in [1.807, 2.05) is 0 Å². The highest BCUT2D eigenvalue weighted by atomic mass is 16.6. The van der Waals surface area contributed by atoms with Gasteiger partial charge in [0, 0.05) is 64.2 Å². The molecule has 2 aliphatic heterocycles. The van der Waals surface area contributed by atoms with E-state index in [4.69, 9.17) is 37.9 Å². The third kappa shape index (κ3) is 22.8. The van der Waals surface area contributed by atoms with Crippen molar-refractivity contribution in [3.8, 4) is 34.5 Å². The van der Waals surface area contributed by atoms with Crippen LogP contribution in [0.3, 0.4) is 0 Å². The fraction of sp³-hybridized carbons (Fsp3) is 0.408. The Hall–Kier alpha value is -10.4. The predicted octanol–water partition coefficient (Wildman–Crippen LogP) is 7.79. The lowest BCUT2D eigenvalue weighted by atomic mass is 10.0. The quantitative estimate of drug-likeness (QED) is 0.00810. The summed E-state index contributed by atoms with van der Waals surface area (Å²) in [6, 6.07) is 14.1. The van der Waals surface area contributed by atoms with Gasteiger partial charge in [-0.25, -0.2) is 19.2 Å². The molecule has 6 rings (SSSR count). The van der Waals surface area contributed by atoms with Crippen LogP contribution < -0.4 is 39.1 Å². The van der Waals surface area contributed by atoms with Gasteiger partial charge in [-0.2, -0.15) is 0 Å². The number of ether oxygens (including phenoxy) is 8. The third-order valence-corrected chi connectivity index (χ3v) is 16.2. The number of aliphatic hydroxyl groups excluding tert-OH is 2. The summed E-state index contributed by atoms with van der Waals surface area (Å²) in [5.41, 5.74) is 1.00. The van der Waals surface area contributed by atoms with Crippen molar-refractivity contribution in [1.82, 2.24) is 19.6 Å². The van der Waals surface area contributed by atoms with E-state index in [1.54, 1.807) is 9.80 Å². The lowest BCUT2D eigenvalue weighted by molar-refractivity contribution is -0.150. The first-order valence-electron chi connectivity index (χ1n) is 32.2.